The Bertz CT molecular complexity index is 913. The molecule has 0 saturated heterocycles. The quantitative estimate of drug-likeness (QED) is 0.364. The molecule has 128 valence electrons. The average Bonchev–Trinajstić information content (AvgIpc) is 3.04. The van der Waals surface area contributed by atoms with E-state index in [4.69, 9.17) is 34.8 Å². The van der Waals surface area contributed by atoms with Crippen molar-refractivity contribution in [1.29, 1.82) is 0 Å². The normalized spacial score (nSPS) is 23.7. The SMILES string of the molecule is O=[N+]([O-])c1ccc(Cl)c2c1C1C=CCC1[C@@H](c1ccc(Cl)cc1Cl)N2. The van der Waals surface area contributed by atoms with Crippen molar-refractivity contribution >= 4 is 46.2 Å². The van der Waals surface area contributed by atoms with Crippen molar-refractivity contribution < 1.29 is 4.92 Å². The Balaban J connectivity index is 1.89. The van der Waals surface area contributed by atoms with Crippen molar-refractivity contribution in [3.63, 3.8) is 0 Å². The monoisotopic (exact) mass is 394 g/mol. The first kappa shape index (κ1) is 16.7. The molecule has 4 nitrogen and oxygen atoms in total. The van der Waals surface area contributed by atoms with E-state index in [0.717, 1.165) is 12.0 Å². The smallest absolute Gasteiger partial charge is 0.275 e. The highest BCUT2D eigenvalue weighted by molar-refractivity contribution is 6.35. The van der Waals surface area contributed by atoms with Crippen LogP contribution in [0.15, 0.2) is 42.5 Å². The Morgan fingerprint density at radius 2 is 1.92 bits per heavy atom. The first-order valence-electron chi connectivity index (χ1n) is 7.82. The number of allylic oxidation sites excluding steroid dienone is 2. The lowest BCUT2D eigenvalue weighted by Gasteiger charge is -2.37. The number of nitrogens with one attached hydrogen (secondary N) is 1. The third-order valence-electron chi connectivity index (χ3n) is 4.94. The second-order valence-electron chi connectivity index (χ2n) is 6.25. The van der Waals surface area contributed by atoms with Gasteiger partial charge in [-0.1, -0.05) is 53.0 Å². The Kier molecular flexibility index (Phi) is 4.14. The number of rotatable bonds is 2. The van der Waals surface area contributed by atoms with Crippen LogP contribution in [0, 0.1) is 16.0 Å². The number of anilines is 1. The van der Waals surface area contributed by atoms with E-state index in [1.54, 1.807) is 18.2 Å². The molecule has 0 radical (unpaired) electrons. The zero-order valence-corrected chi connectivity index (χ0v) is 15.1. The van der Waals surface area contributed by atoms with E-state index in [0.29, 0.717) is 26.3 Å². The van der Waals surface area contributed by atoms with Gasteiger partial charge in [0.15, 0.2) is 0 Å². The maximum Gasteiger partial charge on any atom is 0.275 e. The van der Waals surface area contributed by atoms with Gasteiger partial charge in [-0.05, 0) is 36.1 Å². The number of nitro groups is 1. The number of fused-ring (bicyclic) bond motifs is 3. The number of halogens is 3. The van der Waals surface area contributed by atoms with Crippen molar-refractivity contribution in [2.24, 2.45) is 5.92 Å². The fourth-order valence-corrected chi connectivity index (χ4v) is 4.62. The lowest BCUT2D eigenvalue weighted by atomic mass is 9.76. The Morgan fingerprint density at radius 1 is 1.12 bits per heavy atom. The molecule has 2 aromatic rings. The van der Waals surface area contributed by atoms with Gasteiger partial charge < -0.3 is 5.32 Å². The summed E-state index contributed by atoms with van der Waals surface area (Å²) in [7, 11) is 0. The van der Waals surface area contributed by atoms with E-state index in [-0.39, 0.29) is 28.5 Å². The summed E-state index contributed by atoms with van der Waals surface area (Å²) in [5.74, 6) is 0.0513. The summed E-state index contributed by atoms with van der Waals surface area (Å²) >= 11 is 18.8. The molecule has 7 heteroatoms. The van der Waals surface area contributed by atoms with Crippen molar-refractivity contribution in [3.8, 4) is 0 Å². The molecule has 0 saturated carbocycles. The van der Waals surface area contributed by atoms with E-state index in [1.165, 1.54) is 6.07 Å². The van der Waals surface area contributed by atoms with Gasteiger partial charge in [-0.3, -0.25) is 10.1 Å². The predicted molar refractivity (Wildman–Crippen MR) is 101 cm³/mol. The van der Waals surface area contributed by atoms with E-state index in [2.05, 4.69) is 11.4 Å². The lowest BCUT2D eigenvalue weighted by Crippen LogP contribution is -2.30. The van der Waals surface area contributed by atoms with Crippen LogP contribution in [0.25, 0.3) is 0 Å². The molecule has 0 amide bonds. The average molecular weight is 396 g/mol. The molecular weight excluding hydrogens is 383 g/mol. The minimum Gasteiger partial charge on any atom is -0.376 e. The van der Waals surface area contributed by atoms with Gasteiger partial charge in [0.05, 0.1) is 27.2 Å². The zero-order valence-electron chi connectivity index (χ0n) is 12.9. The second-order valence-corrected chi connectivity index (χ2v) is 7.50. The molecule has 0 spiro atoms. The Morgan fingerprint density at radius 3 is 2.64 bits per heavy atom. The van der Waals surface area contributed by atoms with Crippen LogP contribution < -0.4 is 5.32 Å². The molecule has 1 aliphatic heterocycles. The molecular formula is C18H13Cl3N2O2. The standard InChI is InChI=1S/C18H13Cl3N2O2/c19-9-4-5-12(14(21)8-9)17-11-3-1-2-10(11)16-15(23(24)25)7-6-13(20)18(16)22-17/h1-2,4-8,10-11,17,22H,3H2/t10?,11?,17-/m0/s1. The summed E-state index contributed by atoms with van der Waals surface area (Å²) < 4.78 is 0. The molecule has 2 aliphatic rings. The van der Waals surface area contributed by atoms with Gasteiger partial charge in [-0.25, -0.2) is 0 Å². The fourth-order valence-electron chi connectivity index (χ4n) is 3.88. The van der Waals surface area contributed by atoms with Crippen LogP contribution in [0.4, 0.5) is 11.4 Å². The molecule has 1 N–H and O–H groups in total. The summed E-state index contributed by atoms with van der Waals surface area (Å²) in [5, 5.41) is 16.5. The zero-order chi connectivity index (χ0) is 17.7. The fraction of sp³-hybridized carbons (Fsp3) is 0.222. The van der Waals surface area contributed by atoms with Crippen LogP contribution in [-0.2, 0) is 0 Å². The number of nitrogens with zero attached hydrogens (tertiary/aromatic N) is 1. The van der Waals surface area contributed by atoms with Gasteiger partial charge in [0.2, 0.25) is 0 Å². The second kappa shape index (κ2) is 6.20. The molecule has 4 rings (SSSR count). The molecule has 1 aliphatic carbocycles. The first-order valence-corrected chi connectivity index (χ1v) is 8.95. The van der Waals surface area contributed by atoms with Crippen LogP contribution in [-0.4, -0.2) is 4.92 Å². The summed E-state index contributed by atoms with van der Waals surface area (Å²) in [6.45, 7) is 0. The number of benzene rings is 2. The van der Waals surface area contributed by atoms with Gasteiger partial charge in [0, 0.05) is 22.0 Å². The van der Waals surface area contributed by atoms with E-state index >= 15 is 0 Å². The third kappa shape index (κ3) is 2.69. The molecule has 0 bridgehead atoms. The Labute approximate surface area is 159 Å². The van der Waals surface area contributed by atoms with Crippen LogP contribution in [0.1, 0.15) is 29.5 Å². The molecule has 1 heterocycles. The van der Waals surface area contributed by atoms with Gasteiger partial charge in [0.1, 0.15) is 0 Å². The summed E-state index contributed by atoms with van der Waals surface area (Å²) in [6, 6.07) is 8.34. The first-order chi connectivity index (χ1) is 12.0. The summed E-state index contributed by atoms with van der Waals surface area (Å²) in [4.78, 5) is 11.1. The molecule has 2 aromatic carbocycles. The Hall–Kier alpha value is -1.75. The van der Waals surface area contributed by atoms with Gasteiger partial charge in [0.25, 0.3) is 5.69 Å². The topological polar surface area (TPSA) is 55.2 Å². The minimum absolute atomic E-state index is 0.0768. The summed E-state index contributed by atoms with van der Waals surface area (Å²) in [6.07, 6.45) is 4.91. The highest BCUT2D eigenvalue weighted by Gasteiger charge is 2.42. The molecule has 0 fully saturated rings. The number of nitro benzene ring substituents is 1. The molecule has 0 aromatic heterocycles. The van der Waals surface area contributed by atoms with Crippen LogP contribution >= 0.6 is 34.8 Å². The molecule has 3 atom stereocenters. The van der Waals surface area contributed by atoms with Crippen LogP contribution in [0.5, 0.6) is 0 Å². The highest BCUT2D eigenvalue weighted by Crippen LogP contribution is 2.54. The van der Waals surface area contributed by atoms with Gasteiger partial charge in [-0.15, -0.1) is 0 Å². The highest BCUT2D eigenvalue weighted by atomic mass is 35.5. The lowest BCUT2D eigenvalue weighted by molar-refractivity contribution is -0.385. The van der Waals surface area contributed by atoms with E-state index in [9.17, 15) is 10.1 Å². The minimum atomic E-state index is -0.352. The van der Waals surface area contributed by atoms with Crippen molar-refractivity contribution in [3.05, 3.63) is 78.8 Å². The van der Waals surface area contributed by atoms with E-state index in [1.807, 2.05) is 12.1 Å². The van der Waals surface area contributed by atoms with Crippen LogP contribution in [0.3, 0.4) is 0 Å². The molecule has 2 unspecified atom stereocenters. The van der Waals surface area contributed by atoms with Gasteiger partial charge >= 0.3 is 0 Å². The predicted octanol–water partition coefficient (Wildman–Crippen LogP) is 6.38. The van der Waals surface area contributed by atoms with Gasteiger partial charge in [-0.2, -0.15) is 0 Å². The maximum atomic E-state index is 11.5. The number of hydrogen-bond donors (Lipinski definition) is 1. The van der Waals surface area contributed by atoms with Crippen molar-refractivity contribution in [2.75, 3.05) is 5.32 Å². The molecule has 25 heavy (non-hydrogen) atoms. The van der Waals surface area contributed by atoms with Crippen LogP contribution in [0.2, 0.25) is 15.1 Å². The van der Waals surface area contributed by atoms with Crippen molar-refractivity contribution in [2.45, 2.75) is 18.4 Å². The third-order valence-corrected chi connectivity index (χ3v) is 5.82. The largest absolute Gasteiger partial charge is 0.376 e. The summed E-state index contributed by atoms with van der Waals surface area (Å²) in [5.41, 5.74) is 2.27. The number of hydrogen-bond acceptors (Lipinski definition) is 3. The van der Waals surface area contributed by atoms with E-state index < -0.39 is 0 Å². The van der Waals surface area contributed by atoms with Crippen molar-refractivity contribution in [1.82, 2.24) is 0 Å². The maximum absolute atomic E-state index is 11.5.